The minimum absolute atomic E-state index is 0.151. The maximum absolute atomic E-state index is 14.3. The van der Waals surface area contributed by atoms with Gasteiger partial charge in [-0.15, -0.1) is 0 Å². The molecule has 0 saturated carbocycles. The maximum Gasteiger partial charge on any atom is 0.408 e. The van der Waals surface area contributed by atoms with Gasteiger partial charge >= 0.3 is 6.09 Å². The number of ether oxygens (including phenoxy) is 1. The number of benzene rings is 1. The Hall–Kier alpha value is -2.57. The number of carbonyl (C=O) groups excluding carboxylic acids is 3. The number of aryl methyl sites for hydroxylation is 1. The molecule has 0 aliphatic rings. The molecular formula is C32H55N3O4. The first kappa shape index (κ1) is 34.5. The highest BCUT2D eigenvalue weighted by molar-refractivity contribution is 5.92. The van der Waals surface area contributed by atoms with Gasteiger partial charge in [-0.1, -0.05) is 89.1 Å². The van der Waals surface area contributed by atoms with Crippen molar-refractivity contribution in [2.75, 3.05) is 6.54 Å². The molecule has 2 N–H and O–H groups in total. The first-order valence-electron chi connectivity index (χ1n) is 14.8. The highest BCUT2D eigenvalue weighted by Crippen LogP contribution is 2.27. The van der Waals surface area contributed by atoms with Gasteiger partial charge in [-0.3, -0.25) is 9.59 Å². The van der Waals surface area contributed by atoms with Crippen LogP contribution in [0.15, 0.2) is 24.3 Å². The van der Waals surface area contributed by atoms with Gasteiger partial charge in [0.2, 0.25) is 11.8 Å². The third kappa shape index (κ3) is 12.9. The second kappa shape index (κ2) is 15.9. The Kier molecular flexibility index (Phi) is 14.0. The zero-order valence-electron chi connectivity index (χ0n) is 26.3. The molecule has 1 rings (SSSR count). The van der Waals surface area contributed by atoms with Crippen molar-refractivity contribution < 1.29 is 19.1 Å². The average molecular weight is 546 g/mol. The number of unbranched alkanes of at least 4 members (excludes halogenated alkanes) is 5. The molecule has 0 radical (unpaired) electrons. The van der Waals surface area contributed by atoms with Crippen molar-refractivity contribution in [3.63, 3.8) is 0 Å². The van der Waals surface area contributed by atoms with Crippen molar-refractivity contribution in [1.29, 1.82) is 0 Å². The molecule has 39 heavy (non-hydrogen) atoms. The average Bonchev–Trinajstić information content (AvgIpc) is 2.81. The smallest absolute Gasteiger partial charge is 0.408 e. The van der Waals surface area contributed by atoms with E-state index in [0.29, 0.717) is 13.0 Å². The molecule has 3 atom stereocenters. The normalized spacial score (nSPS) is 14.2. The summed E-state index contributed by atoms with van der Waals surface area (Å²) < 4.78 is 5.50. The minimum Gasteiger partial charge on any atom is -0.444 e. The van der Waals surface area contributed by atoms with Gasteiger partial charge in [-0.05, 0) is 66.4 Å². The summed E-state index contributed by atoms with van der Waals surface area (Å²) in [6, 6.07) is 6.13. The van der Waals surface area contributed by atoms with Crippen LogP contribution in [0, 0.1) is 12.8 Å². The Morgan fingerprint density at radius 3 is 1.97 bits per heavy atom. The summed E-state index contributed by atoms with van der Waals surface area (Å²) in [5.41, 5.74) is 0.663. The number of alkyl carbamates (subject to hydrolysis) is 1. The van der Waals surface area contributed by atoms with Crippen molar-refractivity contribution in [2.45, 2.75) is 137 Å². The van der Waals surface area contributed by atoms with Crippen LogP contribution >= 0.6 is 0 Å². The van der Waals surface area contributed by atoms with Gasteiger partial charge in [0.1, 0.15) is 17.7 Å². The predicted octanol–water partition coefficient (Wildman–Crippen LogP) is 7.08. The first-order valence-corrected chi connectivity index (χ1v) is 14.8. The monoisotopic (exact) mass is 545 g/mol. The van der Waals surface area contributed by atoms with Crippen molar-refractivity contribution >= 4 is 17.9 Å². The fraction of sp³-hybridized carbons (Fsp3) is 0.719. The van der Waals surface area contributed by atoms with E-state index in [9.17, 15) is 14.4 Å². The summed E-state index contributed by atoms with van der Waals surface area (Å²) in [7, 11) is 0. The summed E-state index contributed by atoms with van der Waals surface area (Å²) in [6.45, 7) is 19.7. The largest absolute Gasteiger partial charge is 0.444 e. The lowest BCUT2D eigenvalue weighted by Gasteiger charge is -2.37. The van der Waals surface area contributed by atoms with E-state index in [-0.39, 0.29) is 17.7 Å². The Balaban J connectivity index is 3.48. The zero-order chi connectivity index (χ0) is 29.8. The highest BCUT2D eigenvalue weighted by atomic mass is 16.6. The standard InChI is InChI=1S/C32H55N3O4/c1-11-13-14-15-16-17-22-35(29(37)26(24(4)12-2)33-30(38)39-32(8,9)10)27(28(36)34-31(5,6)7)25-20-18-23(3)19-21-25/h18-21,24,26-27H,11-17,22H2,1-10H3,(H,33,38)(H,34,36). The molecule has 0 aliphatic heterocycles. The molecule has 7 heteroatoms. The molecule has 1 aromatic rings. The molecule has 0 fully saturated rings. The summed E-state index contributed by atoms with van der Waals surface area (Å²) >= 11 is 0. The van der Waals surface area contributed by atoms with Crippen LogP contribution in [0.25, 0.3) is 0 Å². The molecule has 7 nitrogen and oxygen atoms in total. The fourth-order valence-corrected chi connectivity index (χ4v) is 4.38. The first-order chi connectivity index (χ1) is 18.1. The van der Waals surface area contributed by atoms with Crippen molar-refractivity contribution in [3.8, 4) is 0 Å². The van der Waals surface area contributed by atoms with Crippen molar-refractivity contribution in [1.82, 2.24) is 15.5 Å². The molecule has 3 unspecified atom stereocenters. The molecule has 0 spiro atoms. The summed E-state index contributed by atoms with van der Waals surface area (Å²) in [5.74, 6) is -0.648. The molecule has 0 bridgehead atoms. The topological polar surface area (TPSA) is 87.7 Å². The van der Waals surface area contributed by atoms with Crippen LogP contribution in [-0.4, -0.2) is 46.5 Å². The molecule has 0 aliphatic carbocycles. The number of carbonyl (C=O) groups is 3. The van der Waals surface area contributed by atoms with Gasteiger partial charge < -0.3 is 20.3 Å². The van der Waals surface area contributed by atoms with E-state index in [0.717, 1.165) is 36.8 Å². The third-order valence-corrected chi connectivity index (χ3v) is 6.64. The fourth-order valence-electron chi connectivity index (χ4n) is 4.38. The van der Waals surface area contributed by atoms with Crippen LogP contribution in [0.4, 0.5) is 4.79 Å². The number of nitrogens with zero attached hydrogens (tertiary/aromatic N) is 1. The van der Waals surface area contributed by atoms with Gasteiger partial charge in [0.15, 0.2) is 0 Å². The number of amides is 3. The van der Waals surface area contributed by atoms with Crippen LogP contribution in [0.3, 0.4) is 0 Å². The van der Waals surface area contributed by atoms with E-state index in [2.05, 4.69) is 17.6 Å². The van der Waals surface area contributed by atoms with Gasteiger partial charge in [0, 0.05) is 12.1 Å². The Morgan fingerprint density at radius 1 is 0.897 bits per heavy atom. The molecule has 222 valence electrons. The van der Waals surface area contributed by atoms with Crippen LogP contribution in [0.5, 0.6) is 0 Å². The number of hydrogen-bond acceptors (Lipinski definition) is 4. The van der Waals surface area contributed by atoms with Crippen LogP contribution < -0.4 is 10.6 Å². The lowest BCUT2D eigenvalue weighted by molar-refractivity contribution is -0.144. The lowest BCUT2D eigenvalue weighted by atomic mass is 9.94. The van der Waals surface area contributed by atoms with Gasteiger partial charge in [-0.25, -0.2) is 4.79 Å². The quantitative estimate of drug-likeness (QED) is 0.245. The summed E-state index contributed by atoms with van der Waals surface area (Å²) in [4.78, 5) is 42.6. The van der Waals surface area contributed by atoms with Crippen molar-refractivity contribution in [3.05, 3.63) is 35.4 Å². The Morgan fingerprint density at radius 2 is 1.46 bits per heavy atom. The molecule has 1 aromatic carbocycles. The molecule has 0 aromatic heterocycles. The van der Waals surface area contributed by atoms with Gasteiger partial charge in [0.25, 0.3) is 0 Å². The van der Waals surface area contributed by atoms with Crippen LogP contribution in [0.2, 0.25) is 0 Å². The Labute approximate surface area is 237 Å². The SMILES string of the molecule is CCCCCCCCN(C(=O)C(NC(=O)OC(C)(C)C)C(C)CC)C(C(=O)NC(C)(C)C)c1ccc(C)cc1. The molecule has 0 heterocycles. The van der Waals surface area contributed by atoms with E-state index in [1.165, 1.54) is 12.8 Å². The highest BCUT2D eigenvalue weighted by Gasteiger charge is 2.38. The second-order valence-electron chi connectivity index (χ2n) is 12.9. The Bertz CT molecular complexity index is 899. The molecule has 3 amide bonds. The minimum atomic E-state index is -0.819. The van der Waals surface area contributed by atoms with Gasteiger partial charge in [-0.2, -0.15) is 0 Å². The zero-order valence-corrected chi connectivity index (χ0v) is 26.3. The van der Waals surface area contributed by atoms with Crippen LogP contribution in [-0.2, 0) is 14.3 Å². The van der Waals surface area contributed by atoms with E-state index < -0.39 is 29.3 Å². The number of nitrogens with one attached hydrogen (secondary N) is 2. The van der Waals surface area contributed by atoms with E-state index >= 15 is 0 Å². The molecular weight excluding hydrogens is 490 g/mol. The van der Waals surface area contributed by atoms with E-state index in [1.807, 2.05) is 65.8 Å². The van der Waals surface area contributed by atoms with Crippen LogP contribution in [0.1, 0.15) is 124 Å². The lowest BCUT2D eigenvalue weighted by Crippen LogP contribution is -2.56. The number of hydrogen-bond donors (Lipinski definition) is 2. The van der Waals surface area contributed by atoms with E-state index in [1.54, 1.807) is 25.7 Å². The van der Waals surface area contributed by atoms with Gasteiger partial charge in [0.05, 0.1) is 0 Å². The van der Waals surface area contributed by atoms with E-state index in [4.69, 9.17) is 4.74 Å². The number of rotatable bonds is 14. The second-order valence-corrected chi connectivity index (χ2v) is 12.9. The predicted molar refractivity (Wildman–Crippen MR) is 160 cm³/mol. The molecule has 0 saturated heterocycles. The summed E-state index contributed by atoms with van der Waals surface area (Å²) in [5, 5.41) is 5.94. The summed E-state index contributed by atoms with van der Waals surface area (Å²) in [6.07, 6.45) is 6.40. The third-order valence-electron chi connectivity index (χ3n) is 6.64. The maximum atomic E-state index is 14.3. The van der Waals surface area contributed by atoms with Crippen molar-refractivity contribution in [2.24, 2.45) is 5.92 Å².